The number of rotatable bonds is 3. The molecule has 3 nitrogen and oxygen atoms in total. The first kappa shape index (κ1) is 8.51. The number of aldehydes is 1. The molecule has 0 amide bonds. The van der Waals surface area contributed by atoms with E-state index < -0.39 is 0 Å². The van der Waals surface area contributed by atoms with Crippen LogP contribution in [-0.2, 0) is 11.3 Å². The quantitative estimate of drug-likeness (QED) is 0.655. The zero-order valence-corrected chi connectivity index (χ0v) is 7.48. The van der Waals surface area contributed by atoms with Gasteiger partial charge in [-0.1, -0.05) is 0 Å². The van der Waals surface area contributed by atoms with Gasteiger partial charge in [0.1, 0.15) is 0 Å². The Bertz CT molecular complexity index is 287. The van der Waals surface area contributed by atoms with Gasteiger partial charge >= 0.3 is 0 Å². The Kier molecular flexibility index (Phi) is 2.45. The van der Waals surface area contributed by atoms with Crippen molar-refractivity contribution in [3.63, 3.8) is 0 Å². The van der Waals surface area contributed by atoms with Crippen molar-refractivity contribution < 1.29 is 9.53 Å². The molecule has 70 valence electrons. The molecule has 0 N–H and O–H groups in total. The second kappa shape index (κ2) is 3.75. The first-order valence-corrected chi connectivity index (χ1v) is 4.58. The summed E-state index contributed by atoms with van der Waals surface area (Å²) in [6.07, 6.45) is 3.95. The van der Waals surface area contributed by atoms with Crippen molar-refractivity contribution in [2.24, 2.45) is 5.92 Å². The van der Waals surface area contributed by atoms with Gasteiger partial charge in [-0.25, -0.2) is 0 Å². The number of hydrogen-bond acceptors (Lipinski definition) is 2. The summed E-state index contributed by atoms with van der Waals surface area (Å²) >= 11 is 0. The van der Waals surface area contributed by atoms with Crippen LogP contribution in [0.3, 0.4) is 0 Å². The van der Waals surface area contributed by atoms with E-state index in [0.29, 0.717) is 5.92 Å². The fourth-order valence-corrected chi connectivity index (χ4v) is 1.71. The van der Waals surface area contributed by atoms with Crippen LogP contribution < -0.4 is 0 Å². The van der Waals surface area contributed by atoms with Gasteiger partial charge < -0.3 is 9.30 Å². The van der Waals surface area contributed by atoms with E-state index >= 15 is 0 Å². The average Bonchev–Trinajstić information content (AvgIpc) is 2.76. The smallest absolute Gasteiger partial charge is 0.166 e. The second-order valence-electron chi connectivity index (χ2n) is 3.43. The van der Waals surface area contributed by atoms with Gasteiger partial charge in [0, 0.05) is 25.3 Å². The first-order chi connectivity index (χ1) is 6.40. The standard InChI is InChI=1S/C10H13NO2/c12-7-10-2-1-4-11(10)6-9-3-5-13-8-9/h1-2,4,7,9H,3,5-6,8H2. The van der Waals surface area contributed by atoms with Gasteiger partial charge in [0.05, 0.1) is 12.3 Å². The summed E-state index contributed by atoms with van der Waals surface area (Å²) in [5.41, 5.74) is 0.756. The highest BCUT2D eigenvalue weighted by atomic mass is 16.5. The summed E-state index contributed by atoms with van der Waals surface area (Å²) in [7, 11) is 0. The second-order valence-corrected chi connectivity index (χ2v) is 3.43. The number of ether oxygens (including phenoxy) is 1. The van der Waals surface area contributed by atoms with E-state index in [1.807, 2.05) is 22.9 Å². The molecule has 2 rings (SSSR count). The van der Waals surface area contributed by atoms with E-state index in [9.17, 15) is 4.79 Å². The molecule has 3 heteroatoms. The van der Waals surface area contributed by atoms with E-state index in [1.165, 1.54) is 0 Å². The van der Waals surface area contributed by atoms with Crippen molar-refractivity contribution in [1.29, 1.82) is 0 Å². The van der Waals surface area contributed by atoms with Crippen LogP contribution in [0.4, 0.5) is 0 Å². The van der Waals surface area contributed by atoms with Crippen molar-refractivity contribution >= 4 is 6.29 Å². The Morgan fingerprint density at radius 3 is 3.31 bits per heavy atom. The van der Waals surface area contributed by atoms with Crippen molar-refractivity contribution in [1.82, 2.24) is 4.57 Å². The van der Waals surface area contributed by atoms with Crippen LogP contribution >= 0.6 is 0 Å². The molecule has 1 saturated heterocycles. The maximum atomic E-state index is 10.6. The number of nitrogens with zero attached hydrogens (tertiary/aromatic N) is 1. The monoisotopic (exact) mass is 179 g/mol. The van der Waals surface area contributed by atoms with E-state index in [-0.39, 0.29) is 0 Å². The lowest BCUT2D eigenvalue weighted by Crippen LogP contribution is -2.11. The summed E-state index contributed by atoms with van der Waals surface area (Å²) in [6.45, 7) is 2.60. The molecule has 0 aromatic carbocycles. The number of carbonyl (C=O) groups excluding carboxylic acids is 1. The predicted octanol–water partition coefficient (Wildman–Crippen LogP) is 1.34. The summed E-state index contributed by atoms with van der Waals surface area (Å²) in [4.78, 5) is 10.6. The third kappa shape index (κ3) is 1.80. The number of hydrogen-bond donors (Lipinski definition) is 0. The van der Waals surface area contributed by atoms with E-state index in [1.54, 1.807) is 0 Å². The minimum Gasteiger partial charge on any atom is -0.381 e. The molecule has 0 aliphatic carbocycles. The molecule has 0 radical (unpaired) electrons. The van der Waals surface area contributed by atoms with Crippen LogP contribution in [0, 0.1) is 5.92 Å². The first-order valence-electron chi connectivity index (χ1n) is 4.58. The van der Waals surface area contributed by atoms with E-state index in [4.69, 9.17) is 4.74 Å². The Morgan fingerprint density at radius 2 is 2.62 bits per heavy atom. The van der Waals surface area contributed by atoms with Gasteiger partial charge in [-0.3, -0.25) is 4.79 Å². The number of carbonyl (C=O) groups is 1. The zero-order valence-electron chi connectivity index (χ0n) is 7.48. The molecule has 0 saturated carbocycles. The largest absolute Gasteiger partial charge is 0.381 e. The van der Waals surface area contributed by atoms with Crippen LogP contribution in [0.1, 0.15) is 16.9 Å². The fourth-order valence-electron chi connectivity index (χ4n) is 1.71. The van der Waals surface area contributed by atoms with Crippen LogP contribution in [0.2, 0.25) is 0 Å². The third-order valence-electron chi connectivity index (χ3n) is 2.46. The Labute approximate surface area is 77.3 Å². The van der Waals surface area contributed by atoms with Crippen molar-refractivity contribution in [2.45, 2.75) is 13.0 Å². The number of aromatic nitrogens is 1. The minimum atomic E-state index is 0.575. The third-order valence-corrected chi connectivity index (χ3v) is 2.46. The van der Waals surface area contributed by atoms with Crippen molar-refractivity contribution in [3.05, 3.63) is 24.0 Å². The topological polar surface area (TPSA) is 31.2 Å². The van der Waals surface area contributed by atoms with Crippen molar-refractivity contribution in [2.75, 3.05) is 13.2 Å². The molecule has 1 atom stereocenters. The lowest BCUT2D eigenvalue weighted by molar-refractivity contribution is 0.111. The van der Waals surface area contributed by atoms with Crippen LogP contribution in [-0.4, -0.2) is 24.1 Å². The molecule has 0 bridgehead atoms. The molecule has 1 fully saturated rings. The molecule has 1 aromatic heterocycles. The summed E-state index contributed by atoms with van der Waals surface area (Å²) in [5.74, 6) is 0.575. The van der Waals surface area contributed by atoms with Gasteiger partial charge in [0.2, 0.25) is 0 Å². The molecular weight excluding hydrogens is 166 g/mol. The molecule has 2 heterocycles. The molecule has 0 spiro atoms. The lowest BCUT2D eigenvalue weighted by atomic mass is 10.1. The Balaban J connectivity index is 2.03. The Morgan fingerprint density at radius 1 is 1.69 bits per heavy atom. The Hall–Kier alpha value is -1.09. The van der Waals surface area contributed by atoms with Gasteiger partial charge in [0.15, 0.2) is 6.29 Å². The summed E-state index contributed by atoms with van der Waals surface area (Å²) in [6, 6.07) is 3.74. The highest BCUT2D eigenvalue weighted by Crippen LogP contribution is 2.15. The predicted molar refractivity (Wildman–Crippen MR) is 48.7 cm³/mol. The lowest BCUT2D eigenvalue weighted by Gasteiger charge is -2.09. The molecule has 1 unspecified atom stereocenters. The van der Waals surface area contributed by atoms with Gasteiger partial charge in [-0.2, -0.15) is 0 Å². The van der Waals surface area contributed by atoms with Crippen LogP contribution in [0.15, 0.2) is 18.3 Å². The molecular formula is C10H13NO2. The van der Waals surface area contributed by atoms with Gasteiger partial charge in [-0.15, -0.1) is 0 Å². The van der Waals surface area contributed by atoms with Gasteiger partial charge in [0.25, 0.3) is 0 Å². The van der Waals surface area contributed by atoms with Crippen LogP contribution in [0.25, 0.3) is 0 Å². The normalized spacial score (nSPS) is 22.0. The minimum absolute atomic E-state index is 0.575. The summed E-state index contributed by atoms with van der Waals surface area (Å²) in [5, 5.41) is 0. The van der Waals surface area contributed by atoms with E-state index in [2.05, 4.69) is 0 Å². The molecule has 1 aromatic rings. The van der Waals surface area contributed by atoms with Gasteiger partial charge in [-0.05, 0) is 18.6 Å². The van der Waals surface area contributed by atoms with Crippen LogP contribution in [0.5, 0.6) is 0 Å². The maximum Gasteiger partial charge on any atom is 0.166 e. The maximum absolute atomic E-state index is 10.6. The fraction of sp³-hybridized carbons (Fsp3) is 0.500. The highest BCUT2D eigenvalue weighted by Gasteiger charge is 2.16. The van der Waals surface area contributed by atoms with Crippen molar-refractivity contribution in [3.8, 4) is 0 Å². The average molecular weight is 179 g/mol. The highest BCUT2D eigenvalue weighted by molar-refractivity contribution is 5.72. The SMILES string of the molecule is O=Cc1cccn1CC1CCOC1. The zero-order chi connectivity index (χ0) is 9.10. The summed E-state index contributed by atoms with van der Waals surface area (Å²) < 4.78 is 7.27. The molecule has 1 aliphatic heterocycles. The van der Waals surface area contributed by atoms with E-state index in [0.717, 1.165) is 38.2 Å². The molecule has 1 aliphatic rings. The molecule has 13 heavy (non-hydrogen) atoms.